The lowest BCUT2D eigenvalue weighted by molar-refractivity contribution is -0.132. The average molecular weight is 473 g/mol. The van der Waals surface area contributed by atoms with Gasteiger partial charge in [0.2, 0.25) is 5.91 Å². The van der Waals surface area contributed by atoms with Crippen LogP contribution >= 0.6 is 0 Å². The predicted molar refractivity (Wildman–Crippen MR) is 135 cm³/mol. The summed E-state index contributed by atoms with van der Waals surface area (Å²) in [7, 11) is 0. The largest absolute Gasteiger partial charge is 0.508 e. The van der Waals surface area contributed by atoms with Crippen LogP contribution in [-0.2, 0) is 4.79 Å². The molecule has 1 aromatic carbocycles. The van der Waals surface area contributed by atoms with Crippen molar-refractivity contribution in [2.45, 2.75) is 104 Å². The van der Waals surface area contributed by atoms with Gasteiger partial charge in [0.05, 0.1) is 12.1 Å². The maximum absolute atomic E-state index is 13.3. The predicted octanol–water partition coefficient (Wildman–Crippen LogP) is 4.71. The highest BCUT2D eigenvalue weighted by Crippen LogP contribution is 2.47. The molecule has 190 valence electrons. The van der Waals surface area contributed by atoms with Crippen LogP contribution < -0.4 is 10.6 Å². The average Bonchev–Trinajstić information content (AvgIpc) is 2.77. The van der Waals surface area contributed by atoms with E-state index < -0.39 is 12.1 Å². The molecule has 0 bridgehead atoms. The number of carbonyl (C=O) groups is 2. The van der Waals surface area contributed by atoms with Crippen molar-refractivity contribution in [1.29, 1.82) is 0 Å². The Hall–Kier alpha value is -2.08. The third kappa shape index (κ3) is 6.53. The highest BCUT2D eigenvalue weighted by atomic mass is 16.3. The minimum Gasteiger partial charge on any atom is -0.508 e. The fourth-order valence-electron chi connectivity index (χ4n) is 6.08. The summed E-state index contributed by atoms with van der Waals surface area (Å²) in [6.45, 7) is 9.68. The molecule has 0 aromatic heterocycles. The Balaban J connectivity index is 1.72. The van der Waals surface area contributed by atoms with Crippen LogP contribution in [0.5, 0.6) is 5.75 Å². The van der Waals surface area contributed by atoms with Crippen LogP contribution in [0.1, 0.15) is 95.0 Å². The molecule has 34 heavy (non-hydrogen) atoms. The Bertz CT molecular complexity index is 862. The number of carbonyl (C=O) groups excluding carboxylic acids is 2. The molecule has 6 atom stereocenters. The third-order valence-electron chi connectivity index (χ3n) is 7.95. The summed E-state index contributed by atoms with van der Waals surface area (Å²) in [6, 6.07) is 4.48. The maximum atomic E-state index is 13.3. The molecule has 2 saturated carbocycles. The van der Waals surface area contributed by atoms with Crippen molar-refractivity contribution in [3.05, 3.63) is 29.3 Å². The van der Waals surface area contributed by atoms with Gasteiger partial charge in [-0.25, -0.2) is 0 Å². The molecule has 0 spiro atoms. The zero-order chi connectivity index (χ0) is 25.0. The molecule has 6 nitrogen and oxygen atoms in total. The van der Waals surface area contributed by atoms with E-state index in [-0.39, 0.29) is 34.9 Å². The van der Waals surface area contributed by atoms with E-state index in [9.17, 15) is 19.8 Å². The molecular formula is C28H44N2O4. The van der Waals surface area contributed by atoms with Crippen LogP contribution in [-0.4, -0.2) is 39.7 Å². The summed E-state index contributed by atoms with van der Waals surface area (Å²) in [6.07, 6.45) is 7.15. The Morgan fingerprint density at radius 1 is 1.12 bits per heavy atom. The lowest BCUT2D eigenvalue weighted by atomic mass is 9.62. The van der Waals surface area contributed by atoms with Crippen LogP contribution in [0.3, 0.4) is 0 Å². The summed E-state index contributed by atoms with van der Waals surface area (Å²) >= 11 is 0. The van der Waals surface area contributed by atoms with Crippen molar-refractivity contribution >= 4 is 11.8 Å². The number of aliphatic hydroxyl groups is 1. The lowest BCUT2D eigenvalue weighted by Crippen LogP contribution is -2.50. The second kappa shape index (κ2) is 11.1. The Morgan fingerprint density at radius 2 is 1.76 bits per heavy atom. The summed E-state index contributed by atoms with van der Waals surface area (Å²) in [5.74, 6) is 1.12. The second-order valence-corrected chi connectivity index (χ2v) is 11.6. The quantitative estimate of drug-likeness (QED) is 0.462. The van der Waals surface area contributed by atoms with Gasteiger partial charge in [0.25, 0.3) is 5.91 Å². The number of fused-ring (bicyclic) bond motifs is 1. The number of nitrogens with one attached hydrogen (secondary N) is 2. The number of phenols is 1. The maximum Gasteiger partial charge on any atom is 0.251 e. The fourth-order valence-corrected chi connectivity index (χ4v) is 6.08. The third-order valence-corrected chi connectivity index (χ3v) is 7.95. The Morgan fingerprint density at radius 3 is 2.38 bits per heavy atom. The first-order valence-corrected chi connectivity index (χ1v) is 13.1. The second-order valence-electron chi connectivity index (χ2n) is 11.6. The van der Waals surface area contributed by atoms with E-state index in [0.717, 1.165) is 12.8 Å². The molecule has 2 aliphatic rings. The molecule has 0 heterocycles. The summed E-state index contributed by atoms with van der Waals surface area (Å²) in [4.78, 5) is 26.2. The zero-order valence-corrected chi connectivity index (χ0v) is 21.6. The number of hydrogen-bond acceptors (Lipinski definition) is 4. The molecule has 2 aliphatic carbocycles. The number of hydrogen-bond donors (Lipinski definition) is 4. The van der Waals surface area contributed by atoms with Crippen molar-refractivity contribution in [1.82, 2.24) is 10.6 Å². The van der Waals surface area contributed by atoms with E-state index in [1.807, 2.05) is 27.7 Å². The van der Waals surface area contributed by atoms with E-state index in [1.54, 1.807) is 25.1 Å². The molecule has 2 amide bonds. The standard InChI is InChI=1S/C28H44N2O4/c1-6-23(29-26(33)21-12-9-13-24(31)17(21)2)25(32)16-20-14-18-10-7-8-11-19(18)15-22(20)27(34)30-28(3,4)5/h9,12-13,18-20,22-23,25,31-32H,6-8,10-11,14-16H2,1-5H3,(H,29,33)(H,30,34)/t18-,19+,20?,22-,23+,25-/m1/s1. The Kier molecular flexibility index (Phi) is 8.66. The smallest absolute Gasteiger partial charge is 0.251 e. The van der Waals surface area contributed by atoms with Crippen LogP contribution in [0.4, 0.5) is 0 Å². The monoisotopic (exact) mass is 472 g/mol. The Labute approximate surface area is 204 Å². The molecule has 6 heteroatoms. The van der Waals surface area contributed by atoms with E-state index in [0.29, 0.717) is 35.8 Å². The first kappa shape index (κ1) is 26.5. The first-order valence-electron chi connectivity index (χ1n) is 13.1. The number of amides is 2. The van der Waals surface area contributed by atoms with E-state index in [4.69, 9.17) is 0 Å². The van der Waals surface area contributed by atoms with Gasteiger partial charge >= 0.3 is 0 Å². The van der Waals surface area contributed by atoms with Crippen LogP contribution in [0.25, 0.3) is 0 Å². The van der Waals surface area contributed by atoms with Gasteiger partial charge in [-0.15, -0.1) is 0 Å². The summed E-state index contributed by atoms with van der Waals surface area (Å²) in [5.41, 5.74) is 0.651. The molecule has 0 saturated heterocycles. The molecule has 3 rings (SSSR count). The molecule has 2 fully saturated rings. The molecule has 4 N–H and O–H groups in total. The highest BCUT2D eigenvalue weighted by molar-refractivity contribution is 5.96. The summed E-state index contributed by atoms with van der Waals surface area (Å²) in [5, 5.41) is 27.3. The van der Waals surface area contributed by atoms with Crippen molar-refractivity contribution in [3.8, 4) is 5.75 Å². The summed E-state index contributed by atoms with van der Waals surface area (Å²) < 4.78 is 0. The van der Waals surface area contributed by atoms with E-state index in [1.165, 1.54) is 25.7 Å². The van der Waals surface area contributed by atoms with Crippen LogP contribution in [0, 0.1) is 30.6 Å². The molecule has 1 aromatic rings. The van der Waals surface area contributed by atoms with Gasteiger partial charge < -0.3 is 20.8 Å². The highest BCUT2D eigenvalue weighted by Gasteiger charge is 2.43. The van der Waals surface area contributed by atoms with Crippen molar-refractivity contribution in [2.24, 2.45) is 23.7 Å². The number of aromatic hydroxyl groups is 1. The number of benzene rings is 1. The van der Waals surface area contributed by atoms with Gasteiger partial charge in [-0.1, -0.05) is 38.7 Å². The normalized spacial score (nSPS) is 26.8. The van der Waals surface area contributed by atoms with E-state index in [2.05, 4.69) is 10.6 Å². The molecule has 0 aliphatic heterocycles. The molecular weight excluding hydrogens is 428 g/mol. The van der Waals surface area contributed by atoms with Crippen LogP contribution in [0.2, 0.25) is 0 Å². The van der Waals surface area contributed by atoms with Gasteiger partial charge in [0, 0.05) is 22.6 Å². The molecule has 0 radical (unpaired) electrons. The van der Waals surface area contributed by atoms with Crippen molar-refractivity contribution in [2.75, 3.05) is 0 Å². The minimum absolute atomic E-state index is 0.0817. The number of rotatable bonds is 7. The molecule has 1 unspecified atom stereocenters. The van der Waals surface area contributed by atoms with Crippen molar-refractivity contribution < 1.29 is 19.8 Å². The minimum atomic E-state index is -0.735. The SMILES string of the molecule is CC[C@H](NC(=O)c1cccc(O)c1C)[C@H](O)CC1C[C@H]2CCCC[C@H]2C[C@H]1C(=O)NC(C)(C)C. The number of phenolic OH excluding ortho intramolecular Hbond substituents is 1. The van der Waals surface area contributed by atoms with Crippen molar-refractivity contribution in [3.63, 3.8) is 0 Å². The zero-order valence-electron chi connectivity index (χ0n) is 21.6. The van der Waals surface area contributed by atoms with Gasteiger partial charge in [-0.2, -0.15) is 0 Å². The van der Waals surface area contributed by atoms with Gasteiger partial charge in [0.15, 0.2) is 0 Å². The van der Waals surface area contributed by atoms with Gasteiger partial charge in [-0.05, 0) is 83.3 Å². The van der Waals surface area contributed by atoms with Crippen LogP contribution in [0.15, 0.2) is 18.2 Å². The first-order chi connectivity index (χ1) is 16.0. The topological polar surface area (TPSA) is 98.7 Å². The van der Waals surface area contributed by atoms with Gasteiger partial charge in [-0.3, -0.25) is 9.59 Å². The van der Waals surface area contributed by atoms with E-state index >= 15 is 0 Å². The number of aliphatic hydroxyl groups excluding tert-OH is 1. The van der Waals surface area contributed by atoms with Gasteiger partial charge in [0.1, 0.15) is 5.75 Å². The lowest BCUT2D eigenvalue weighted by Gasteiger charge is -2.45. The fraction of sp³-hybridized carbons (Fsp3) is 0.714.